The number of morpholine rings is 1. The first kappa shape index (κ1) is 17.8. The maximum atomic E-state index is 12.4. The summed E-state index contributed by atoms with van der Waals surface area (Å²) in [7, 11) is -3.58. The van der Waals surface area contributed by atoms with Crippen LogP contribution in [-0.2, 0) is 27.7 Å². The number of hydrogen-bond donors (Lipinski definition) is 1. The Morgan fingerprint density at radius 1 is 1.16 bits per heavy atom. The first-order chi connectivity index (χ1) is 12.1. The Morgan fingerprint density at radius 2 is 1.88 bits per heavy atom. The maximum Gasteiger partial charge on any atom is 0.240 e. The number of benzene rings is 1. The molecular weight excluding hydrogens is 340 g/mol. The Labute approximate surface area is 148 Å². The summed E-state index contributed by atoms with van der Waals surface area (Å²) in [6.45, 7) is 4.95. The Bertz CT molecular complexity index is 803. The fourth-order valence-electron chi connectivity index (χ4n) is 2.59. The largest absolute Gasteiger partial charge is 0.378 e. The Morgan fingerprint density at radius 3 is 2.56 bits per heavy atom. The quantitative estimate of drug-likeness (QED) is 0.835. The van der Waals surface area contributed by atoms with Crippen LogP contribution >= 0.6 is 0 Å². The van der Waals surface area contributed by atoms with E-state index in [9.17, 15) is 8.42 Å². The second kappa shape index (κ2) is 7.90. The zero-order chi connectivity index (χ0) is 17.7. The molecule has 1 aromatic carbocycles. The van der Waals surface area contributed by atoms with Crippen LogP contribution in [0.25, 0.3) is 0 Å². The van der Waals surface area contributed by atoms with E-state index < -0.39 is 10.0 Å². The van der Waals surface area contributed by atoms with Crippen LogP contribution in [0.3, 0.4) is 0 Å². The molecule has 25 heavy (non-hydrogen) atoms. The first-order valence-electron chi connectivity index (χ1n) is 8.32. The molecule has 1 N–H and O–H groups in total. The third-order valence-corrected chi connectivity index (χ3v) is 5.51. The minimum atomic E-state index is -3.58. The summed E-state index contributed by atoms with van der Waals surface area (Å²) in [5, 5.41) is 0. The van der Waals surface area contributed by atoms with Crippen molar-refractivity contribution in [3.8, 4) is 0 Å². The van der Waals surface area contributed by atoms with Crippen molar-refractivity contribution in [2.75, 3.05) is 31.2 Å². The third kappa shape index (κ3) is 4.53. The number of aryl methyl sites for hydroxylation is 1. The smallest absolute Gasteiger partial charge is 0.240 e. The SMILES string of the molecule is CCc1ccc(S(=O)(=O)NCc2nccc(N3CCOCC3)n2)cc1. The van der Waals surface area contributed by atoms with E-state index in [1.165, 1.54) is 0 Å². The van der Waals surface area contributed by atoms with Crippen LogP contribution < -0.4 is 9.62 Å². The van der Waals surface area contributed by atoms with Gasteiger partial charge >= 0.3 is 0 Å². The molecule has 1 aliphatic rings. The summed E-state index contributed by atoms with van der Waals surface area (Å²) in [6, 6.07) is 8.71. The normalized spacial score (nSPS) is 15.3. The fraction of sp³-hybridized carbons (Fsp3) is 0.412. The van der Waals surface area contributed by atoms with E-state index in [-0.39, 0.29) is 11.4 Å². The van der Waals surface area contributed by atoms with Gasteiger partial charge in [-0.2, -0.15) is 0 Å². The molecule has 1 fully saturated rings. The van der Waals surface area contributed by atoms with Gasteiger partial charge in [-0.1, -0.05) is 19.1 Å². The van der Waals surface area contributed by atoms with E-state index in [4.69, 9.17) is 4.74 Å². The second-order valence-electron chi connectivity index (χ2n) is 5.75. The van der Waals surface area contributed by atoms with Gasteiger partial charge in [-0.05, 0) is 30.2 Å². The van der Waals surface area contributed by atoms with Gasteiger partial charge in [0.05, 0.1) is 24.7 Å². The Balaban J connectivity index is 1.67. The van der Waals surface area contributed by atoms with Crippen molar-refractivity contribution in [2.45, 2.75) is 24.8 Å². The van der Waals surface area contributed by atoms with E-state index >= 15 is 0 Å². The zero-order valence-corrected chi connectivity index (χ0v) is 15.0. The number of nitrogens with one attached hydrogen (secondary N) is 1. The van der Waals surface area contributed by atoms with E-state index in [1.807, 2.05) is 25.1 Å². The molecule has 1 aromatic heterocycles. The first-order valence-corrected chi connectivity index (χ1v) is 9.80. The number of rotatable bonds is 6. The van der Waals surface area contributed by atoms with Gasteiger partial charge in [0.1, 0.15) is 11.6 Å². The Hall–Kier alpha value is -2.03. The average molecular weight is 362 g/mol. The molecule has 7 nitrogen and oxygen atoms in total. The standard InChI is InChI=1S/C17H22N4O3S/c1-2-14-3-5-15(6-4-14)25(22,23)19-13-16-18-8-7-17(20-16)21-9-11-24-12-10-21/h3-8,19H,2,9-13H2,1H3. The van der Waals surface area contributed by atoms with Gasteiger partial charge in [-0.3, -0.25) is 0 Å². The molecule has 0 amide bonds. The highest BCUT2D eigenvalue weighted by molar-refractivity contribution is 7.89. The van der Waals surface area contributed by atoms with Crippen molar-refractivity contribution in [1.29, 1.82) is 0 Å². The molecule has 134 valence electrons. The van der Waals surface area contributed by atoms with Gasteiger partial charge in [-0.25, -0.2) is 23.1 Å². The minimum Gasteiger partial charge on any atom is -0.378 e. The Kier molecular flexibility index (Phi) is 5.62. The number of anilines is 1. The van der Waals surface area contributed by atoms with Crippen molar-refractivity contribution in [2.24, 2.45) is 0 Å². The number of aromatic nitrogens is 2. The van der Waals surface area contributed by atoms with E-state index in [2.05, 4.69) is 19.6 Å². The molecule has 0 aliphatic carbocycles. The van der Waals surface area contributed by atoms with Crippen LogP contribution in [-0.4, -0.2) is 44.7 Å². The topological polar surface area (TPSA) is 84.4 Å². The molecule has 3 rings (SSSR count). The van der Waals surface area contributed by atoms with Gasteiger partial charge < -0.3 is 9.64 Å². The van der Waals surface area contributed by atoms with Gasteiger partial charge in [0.25, 0.3) is 0 Å². The van der Waals surface area contributed by atoms with Gasteiger partial charge in [-0.15, -0.1) is 0 Å². The molecule has 2 aromatic rings. The second-order valence-corrected chi connectivity index (χ2v) is 7.52. The van der Waals surface area contributed by atoms with Gasteiger partial charge in [0.15, 0.2) is 0 Å². The molecule has 0 saturated carbocycles. The lowest BCUT2D eigenvalue weighted by Gasteiger charge is -2.27. The number of sulfonamides is 1. The average Bonchev–Trinajstić information content (AvgIpc) is 2.67. The van der Waals surface area contributed by atoms with Crippen LogP contribution in [0.4, 0.5) is 5.82 Å². The molecule has 1 saturated heterocycles. The number of ether oxygens (including phenoxy) is 1. The lowest BCUT2D eigenvalue weighted by molar-refractivity contribution is 0.122. The monoisotopic (exact) mass is 362 g/mol. The number of hydrogen-bond acceptors (Lipinski definition) is 6. The summed E-state index contributed by atoms with van der Waals surface area (Å²) < 4.78 is 32.7. The highest BCUT2D eigenvalue weighted by atomic mass is 32.2. The lowest BCUT2D eigenvalue weighted by Crippen LogP contribution is -2.37. The third-order valence-electron chi connectivity index (χ3n) is 4.09. The molecular formula is C17H22N4O3S. The summed E-state index contributed by atoms with van der Waals surface area (Å²) in [5.41, 5.74) is 1.10. The van der Waals surface area contributed by atoms with Gasteiger partial charge in [0.2, 0.25) is 10.0 Å². The molecule has 1 aliphatic heterocycles. The lowest BCUT2D eigenvalue weighted by atomic mass is 10.2. The van der Waals surface area contributed by atoms with Gasteiger partial charge in [0, 0.05) is 19.3 Å². The molecule has 8 heteroatoms. The predicted octanol–water partition coefficient (Wildman–Crippen LogP) is 1.35. The van der Waals surface area contributed by atoms with Crippen LogP contribution in [0.5, 0.6) is 0 Å². The predicted molar refractivity (Wildman–Crippen MR) is 94.9 cm³/mol. The molecule has 0 atom stereocenters. The van der Waals surface area contributed by atoms with Crippen molar-refractivity contribution in [3.05, 3.63) is 47.9 Å². The summed E-state index contributed by atoms with van der Waals surface area (Å²) in [4.78, 5) is 11.0. The molecule has 2 heterocycles. The summed E-state index contributed by atoms with van der Waals surface area (Å²) in [5.74, 6) is 1.23. The summed E-state index contributed by atoms with van der Waals surface area (Å²) in [6.07, 6.45) is 2.52. The maximum absolute atomic E-state index is 12.4. The molecule has 0 unspecified atom stereocenters. The zero-order valence-electron chi connectivity index (χ0n) is 14.2. The molecule has 0 radical (unpaired) electrons. The van der Waals surface area contributed by atoms with Crippen molar-refractivity contribution in [1.82, 2.24) is 14.7 Å². The highest BCUT2D eigenvalue weighted by Crippen LogP contribution is 2.13. The van der Waals surface area contributed by atoms with E-state index in [0.29, 0.717) is 19.0 Å². The molecule has 0 spiro atoms. The van der Waals surface area contributed by atoms with Crippen LogP contribution in [0.2, 0.25) is 0 Å². The van der Waals surface area contributed by atoms with Crippen molar-refractivity contribution in [3.63, 3.8) is 0 Å². The molecule has 0 bridgehead atoms. The summed E-state index contributed by atoms with van der Waals surface area (Å²) >= 11 is 0. The van der Waals surface area contributed by atoms with Crippen molar-refractivity contribution >= 4 is 15.8 Å². The van der Waals surface area contributed by atoms with E-state index in [1.54, 1.807) is 18.3 Å². The van der Waals surface area contributed by atoms with E-state index in [0.717, 1.165) is 30.9 Å². The van der Waals surface area contributed by atoms with Crippen LogP contribution in [0.1, 0.15) is 18.3 Å². The minimum absolute atomic E-state index is 0.0516. The highest BCUT2D eigenvalue weighted by Gasteiger charge is 2.16. The van der Waals surface area contributed by atoms with Crippen molar-refractivity contribution < 1.29 is 13.2 Å². The van der Waals surface area contributed by atoms with Crippen LogP contribution in [0, 0.1) is 0 Å². The fourth-order valence-corrected chi connectivity index (χ4v) is 3.57. The number of nitrogens with zero attached hydrogens (tertiary/aromatic N) is 3. The van der Waals surface area contributed by atoms with Crippen LogP contribution in [0.15, 0.2) is 41.4 Å².